The molecule has 4 rings (SSSR count). The van der Waals surface area contributed by atoms with Gasteiger partial charge >= 0.3 is 0 Å². The monoisotopic (exact) mass is 363 g/mol. The van der Waals surface area contributed by atoms with Gasteiger partial charge in [0.1, 0.15) is 0 Å². The van der Waals surface area contributed by atoms with Crippen LogP contribution in [0.25, 0.3) is 11.3 Å². The molecular weight excluding hydrogens is 334 g/mol. The van der Waals surface area contributed by atoms with E-state index in [-0.39, 0.29) is 5.91 Å². The van der Waals surface area contributed by atoms with E-state index in [1.54, 1.807) is 0 Å². The quantitative estimate of drug-likeness (QED) is 0.817. The minimum absolute atomic E-state index is 0.0446. The molecule has 0 aliphatic heterocycles. The van der Waals surface area contributed by atoms with E-state index in [0.29, 0.717) is 24.1 Å². The third-order valence-electron chi connectivity index (χ3n) is 5.75. The van der Waals surface area contributed by atoms with Crippen molar-refractivity contribution in [3.05, 3.63) is 41.2 Å². The van der Waals surface area contributed by atoms with Crippen molar-refractivity contribution in [3.8, 4) is 11.3 Å². The van der Waals surface area contributed by atoms with Gasteiger partial charge in [0.25, 0.3) is 0 Å². The van der Waals surface area contributed by atoms with Crippen LogP contribution in [-0.2, 0) is 24.1 Å². The molecule has 27 heavy (non-hydrogen) atoms. The molecule has 0 saturated heterocycles. The average molecular weight is 364 g/mol. The van der Waals surface area contributed by atoms with Gasteiger partial charge in [0.2, 0.25) is 5.91 Å². The molecule has 1 heterocycles. The van der Waals surface area contributed by atoms with Crippen LogP contribution in [0, 0.1) is 11.8 Å². The number of carbonyl (C=O) groups excluding carboxylic acids is 1. The first kappa shape index (κ1) is 18.1. The largest absolute Gasteiger partial charge is 0.309 e. The van der Waals surface area contributed by atoms with E-state index in [4.69, 9.17) is 9.97 Å². The van der Waals surface area contributed by atoms with Gasteiger partial charge in [-0.05, 0) is 36.7 Å². The lowest BCUT2D eigenvalue weighted by Gasteiger charge is -2.22. The molecule has 1 aromatic heterocycles. The summed E-state index contributed by atoms with van der Waals surface area (Å²) < 4.78 is 0. The summed E-state index contributed by atoms with van der Waals surface area (Å²) in [5.74, 6) is 1.74. The van der Waals surface area contributed by atoms with Gasteiger partial charge in [-0.2, -0.15) is 0 Å². The van der Waals surface area contributed by atoms with E-state index < -0.39 is 0 Å². The zero-order valence-electron chi connectivity index (χ0n) is 16.4. The fourth-order valence-electron chi connectivity index (χ4n) is 4.40. The standard InChI is InChI=1S/C23H29N3O/c1-15(2)13-21(27)26-23-20(14-16-7-3-4-8-16)24-22-18-10-6-5-9-17(18)11-12-19(22)25-23/h5-6,9-10,15-16H,3-4,7-8,11-14H2,1-2H3,(H,25,26,27). The van der Waals surface area contributed by atoms with Crippen LogP contribution in [0.5, 0.6) is 0 Å². The van der Waals surface area contributed by atoms with Crippen LogP contribution >= 0.6 is 0 Å². The van der Waals surface area contributed by atoms with E-state index in [2.05, 4.69) is 43.4 Å². The van der Waals surface area contributed by atoms with Crippen molar-refractivity contribution < 1.29 is 4.79 Å². The van der Waals surface area contributed by atoms with Crippen LogP contribution in [-0.4, -0.2) is 15.9 Å². The van der Waals surface area contributed by atoms with Gasteiger partial charge in [0, 0.05) is 12.0 Å². The van der Waals surface area contributed by atoms with E-state index >= 15 is 0 Å². The van der Waals surface area contributed by atoms with Crippen molar-refractivity contribution in [2.45, 2.75) is 65.2 Å². The Labute approximate surface area is 161 Å². The minimum Gasteiger partial charge on any atom is -0.309 e. The fourth-order valence-corrected chi connectivity index (χ4v) is 4.40. The molecule has 1 saturated carbocycles. The van der Waals surface area contributed by atoms with Gasteiger partial charge in [0.15, 0.2) is 5.82 Å². The van der Waals surface area contributed by atoms with Gasteiger partial charge < -0.3 is 5.32 Å². The molecule has 1 fully saturated rings. The molecule has 1 N–H and O–H groups in total. The van der Waals surface area contributed by atoms with Crippen LogP contribution in [0.4, 0.5) is 5.82 Å². The summed E-state index contributed by atoms with van der Waals surface area (Å²) in [5, 5.41) is 3.08. The summed E-state index contributed by atoms with van der Waals surface area (Å²) in [6.45, 7) is 4.13. The van der Waals surface area contributed by atoms with Crippen molar-refractivity contribution in [2.75, 3.05) is 5.32 Å². The third kappa shape index (κ3) is 4.05. The number of carbonyl (C=O) groups is 1. The highest BCUT2D eigenvalue weighted by Gasteiger charge is 2.24. The number of rotatable bonds is 5. The number of hydrogen-bond acceptors (Lipinski definition) is 3. The Morgan fingerprint density at radius 1 is 1.15 bits per heavy atom. The van der Waals surface area contributed by atoms with E-state index in [1.807, 2.05) is 0 Å². The van der Waals surface area contributed by atoms with Crippen LogP contribution in [0.1, 0.15) is 62.9 Å². The number of aryl methyl sites for hydroxylation is 2. The molecule has 2 aromatic rings. The first-order valence-corrected chi connectivity index (χ1v) is 10.4. The number of amides is 1. The number of aromatic nitrogens is 2. The Balaban J connectivity index is 1.70. The van der Waals surface area contributed by atoms with Crippen molar-refractivity contribution in [3.63, 3.8) is 0 Å². The maximum atomic E-state index is 12.4. The zero-order valence-corrected chi connectivity index (χ0v) is 16.4. The van der Waals surface area contributed by atoms with Gasteiger partial charge in [0.05, 0.1) is 17.1 Å². The summed E-state index contributed by atoms with van der Waals surface area (Å²) in [7, 11) is 0. The highest BCUT2D eigenvalue weighted by Crippen LogP contribution is 2.35. The maximum Gasteiger partial charge on any atom is 0.225 e. The van der Waals surface area contributed by atoms with Crippen molar-refractivity contribution in [1.29, 1.82) is 0 Å². The Hall–Kier alpha value is -2.23. The van der Waals surface area contributed by atoms with Gasteiger partial charge in [-0.3, -0.25) is 4.79 Å². The van der Waals surface area contributed by atoms with Crippen LogP contribution < -0.4 is 5.32 Å². The molecular formula is C23H29N3O. The number of fused-ring (bicyclic) bond motifs is 3. The summed E-state index contributed by atoms with van der Waals surface area (Å²) in [6.07, 6.45) is 8.44. The lowest BCUT2D eigenvalue weighted by molar-refractivity contribution is -0.116. The average Bonchev–Trinajstić information content (AvgIpc) is 3.14. The van der Waals surface area contributed by atoms with E-state index in [1.165, 1.54) is 36.8 Å². The zero-order chi connectivity index (χ0) is 18.8. The maximum absolute atomic E-state index is 12.4. The smallest absolute Gasteiger partial charge is 0.225 e. The summed E-state index contributed by atoms with van der Waals surface area (Å²) in [5.41, 5.74) is 5.56. The summed E-state index contributed by atoms with van der Waals surface area (Å²) >= 11 is 0. The van der Waals surface area contributed by atoms with E-state index in [0.717, 1.165) is 36.3 Å². The van der Waals surface area contributed by atoms with Crippen molar-refractivity contribution >= 4 is 11.7 Å². The molecule has 0 spiro atoms. The Bertz CT molecular complexity index is 838. The number of nitrogens with one attached hydrogen (secondary N) is 1. The molecule has 2 aliphatic carbocycles. The van der Waals surface area contributed by atoms with Gasteiger partial charge in [-0.25, -0.2) is 9.97 Å². The molecule has 0 unspecified atom stereocenters. The molecule has 0 atom stereocenters. The second-order valence-corrected chi connectivity index (χ2v) is 8.47. The van der Waals surface area contributed by atoms with Gasteiger partial charge in [-0.1, -0.05) is 63.8 Å². The molecule has 142 valence electrons. The molecule has 1 amide bonds. The third-order valence-corrected chi connectivity index (χ3v) is 5.75. The summed E-state index contributed by atoms with van der Waals surface area (Å²) in [6, 6.07) is 8.51. The predicted octanol–water partition coefficient (Wildman–Crippen LogP) is 4.96. The Morgan fingerprint density at radius 2 is 1.93 bits per heavy atom. The number of nitrogens with zero attached hydrogens (tertiary/aromatic N) is 2. The molecule has 0 bridgehead atoms. The molecule has 2 aliphatic rings. The fraction of sp³-hybridized carbons (Fsp3) is 0.522. The lowest BCUT2D eigenvalue weighted by Crippen LogP contribution is -2.20. The highest BCUT2D eigenvalue weighted by atomic mass is 16.1. The number of hydrogen-bond donors (Lipinski definition) is 1. The normalized spacial score (nSPS) is 16.3. The van der Waals surface area contributed by atoms with Gasteiger partial charge in [-0.15, -0.1) is 0 Å². The molecule has 0 radical (unpaired) electrons. The van der Waals surface area contributed by atoms with Crippen molar-refractivity contribution in [2.24, 2.45) is 11.8 Å². The highest BCUT2D eigenvalue weighted by molar-refractivity contribution is 5.90. The first-order chi connectivity index (χ1) is 13.1. The second kappa shape index (κ2) is 7.79. The van der Waals surface area contributed by atoms with Crippen LogP contribution in [0.3, 0.4) is 0 Å². The topological polar surface area (TPSA) is 54.9 Å². The first-order valence-electron chi connectivity index (χ1n) is 10.4. The molecule has 4 heteroatoms. The van der Waals surface area contributed by atoms with Crippen LogP contribution in [0.2, 0.25) is 0 Å². The second-order valence-electron chi connectivity index (χ2n) is 8.47. The lowest BCUT2D eigenvalue weighted by atomic mass is 9.91. The van der Waals surface area contributed by atoms with Crippen molar-refractivity contribution in [1.82, 2.24) is 9.97 Å². The number of anilines is 1. The van der Waals surface area contributed by atoms with Crippen LogP contribution in [0.15, 0.2) is 24.3 Å². The minimum atomic E-state index is 0.0446. The molecule has 4 nitrogen and oxygen atoms in total. The predicted molar refractivity (Wildman–Crippen MR) is 109 cm³/mol. The Kier molecular flexibility index (Phi) is 5.24. The SMILES string of the molecule is CC(C)CC(=O)Nc1nc2c(nc1CC1CCCC1)-c1ccccc1CC2. The summed E-state index contributed by atoms with van der Waals surface area (Å²) in [4.78, 5) is 22.4. The van der Waals surface area contributed by atoms with E-state index in [9.17, 15) is 4.79 Å². The molecule has 1 aromatic carbocycles. The number of benzene rings is 1. The Morgan fingerprint density at radius 3 is 2.70 bits per heavy atom.